The number of halogens is 1. The van der Waals surface area contributed by atoms with Crippen molar-refractivity contribution in [3.63, 3.8) is 0 Å². The first-order valence-electron chi connectivity index (χ1n) is 10.9. The molecule has 0 spiro atoms. The van der Waals surface area contributed by atoms with Gasteiger partial charge < -0.3 is 5.73 Å². The summed E-state index contributed by atoms with van der Waals surface area (Å²) in [6.45, 7) is 2.18. The van der Waals surface area contributed by atoms with E-state index in [1.165, 1.54) is 4.31 Å². The molecule has 8 heteroatoms. The number of nitrogen functional groups attached to an aromatic ring is 1. The van der Waals surface area contributed by atoms with Crippen LogP contribution in [0.2, 0.25) is 5.15 Å². The molecule has 6 nitrogen and oxygen atoms in total. The first kappa shape index (κ1) is 23.7. The topological polar surface area (TPSA) is 89.2 Å². The van der Waals surface area contributed by atoms with Crippen LogP contribution in [-0.4, -0.2) is 24.9 Å². The number of nitrogens with zero attached hydrogens (tertiary/aromatic N) is 3. The number of para-hydroxylation sites is 1. The quantitative estimate of drug-likeness (QED) is 0.327. The Bertz CT molecular complexity index is 1360. The molecular formula is C26H25ClN4O2S. The number of sulfonamides is 1. The average Bonchev–Trinajstić information content (AvgIpc) is 2.84. The SMILES string of the molecule is Cc1ccc(S(=O)(=O)N(CCCc2c(Cl)nc(N)nc2-c2ccccc2)c2ccccc2)cc1. The summed E-state index contributed by atoms with van der Waals surface area (Å²) in [6.07, 6.45) is 0.989. The molecule has 1 aromatic heterocycles. The molecule has 1 heterocycles. The third-order valence-corrected chi connectivity index (χ3v) is 7.62. The van der Waals surface area contributed by atoms with Gasteiger partial charge >= 0.3 is 0 Å². The second-order valence-corrected chi connectivity index (χ2v) is 10.1. The van der Waals surface area contributed by atoms with E-state index in [2.05, 4.69) is 9.97 Å². The molecule has 4 aromatic rings. The molecule has 0 saturated heterocycles. The molecule has 0 saturated carbocycles. The monoisotopic (exact) mass is 492 g/mol. The van der Waals surface area contributed by atoms with Crippen LogP contribution >= 0.6 is 11.6 Å². The predicted molar refractivity (Wildman–Crippen MR) is 137 cm³/mol. The number of hydrogen-bond donors (Lipinski definition) is 1. The van der Waals surface area contributed by atoms with E-state index in [-0.39, 0.29) is 22.5 Å². The normalized spacial score (nSPS) is 11.4. The van der Waals surface area contributed by atoms with Gasteiger partial charge in [0.15, 0.2) is 0 Å². The number of rotatable bonds is 8. The fourth-order valence-corrected chi connectivity index (χ4v) is 5.52. The molecule has 174 valence electrons. The summed E-state index contributed by atoms with van der Waals surface area (Å²) in [5.41, 5.74) is 9.73. The Morgan fingerprint density at radius 1 is 0.882 bits per heavy atom. The summed E-state index contributed by atoms with van der Waals surface area (Å²) >= 11 is 6.45. The van der Waals surface area contributed by atoms with Gasteiger partial charge in [-0.15, -0.1) is 0 Å². The van der Waals surface area contributed by atoms with Gasteiger partial charge in [-0.05, 0) is 44.0 Å². The Labute approximate surface area is 205 Å². The third-order valence-electron chi connectivity index (χ3n) is 5.46. The smallest absolute Gasteiger partial charge is 0.264 e. The van der Waals surface area contributed by atoms with E-state index in [1.807, 2.05) is 55.5 Å². The number of hydrogen-bond acceptors (Lipinski definition) is 5. The van der Waals surface area contributed by atoms with Gasteiger partial charge in [0.2, 0.25) is 5.95 Å². The zero-order chi connectivity index (χ0) is 24.1. The molecule has 0 unspecified atom stereocenters. The Balaban J connectivity index is 1.63. The van der Waals surface area contributed by atoms with Crippen LogP contribution in [0.3, 0.4) is 0 Å². The molecule has 0 amide bonds. The highest BCUT2D eigenvalue weighted by Gasteiger charge is 2.25. The molecule has 2 N–H and O–H groups in total. The van der Waals surface area contributed by atoms with Crippen LogP contribution < -0.4 is 10.0 Å². The maximum atomic E-state index is 13.5. The fraction of sp³-hybridized carbons (Fsp3) is 0.154. The molecule has 0 aliphatic heterocycles. The van der Waals surface area contributed by atoms with Crippen LogP contribution in [0.5, 0.6) is 0 Å². The Morgan fingerprint density at radius 2 is 1.50 bits per heavy atom. The molecule has 0 aliphatic carbocycles. The van der Waals surface area contributed by atoms with Gasteiger partial charge in [-0.2, -0.15) is 0 Å². The second-order valence-electron chi connectivity index (χ2n) is 7.90. The third kappa shape index (κ3) is 5.21. The minimum atomic E-state index is -3.76. The van der Waals surface area contributed by atoms with Crippen LogP contribution in [0.4, 0.5) is 11.6 Å². The molecule has 3 aromatic carbocycles. The minimum Gasteiger partial charge on any atom is -0.368 e. The van der Waals surface area contributed by atoms with E-state index in [9.17, 15) is 8.42 Å². The van der Waals surface area contributed by atoms with E-state index >= 15 is 0 Å². The highest BCUT2D eigenvalue weighted by atomic mass is 35.5. The van der Waals surface area contributed by atoms with Gasteiger partial charge in [0.25, 0.3) is 10.0 Å². The van der Waals surface area contributed by atoms with Crippen molar-refractivity contribution in [2.24, 2.45) is 0 Å². The van der Waals surface area contributed by atoms with E-state index in [4.69, 9.17) is 17.3 Å². The van der Waals surface area contributed by atoms with Crippen molar-refractivity contribution in [3.05, 3.63) is 101 Å². The largest absolute Gasteiger partial charge is 0.368 e. The zero-order valence-electron chi connectivity index (χ0n) is 18.7. The van der Waals surface area contributed by atoms with E-state index in [1.54, 1.807) is 36.4 Å². The highest BCUT2D eigenvalue weighted by molar-refractivity contribution is 7.92. The molecule has 0 atom stereocenters. The Kier molecular flexibility index (Phi) is 7.14. The molecular weight excluding hydrogens is 468 g/mol. The zero-order valence-corrected chi connectivity index (χ0v) is 20.3. The molecule has 0 bridgehead atoms. The molecule has 4 rings (SSSR count). The van der Waals surface area contributed by atoms with Crippen molar-refractivity contribution < 1.29 is 8.42 Å². The van der Waals surface area contributed by atoms with Crippen molar-refractivity contribution in [2.75, 3.05) is 16.6 Å². The summed E-state index contributed by atoms with van der Waals surface area (Å²) < 4.78 is 28.5. The number of anilines is 2. The lowest BCUT2D eigenvalue weighted by Crippen LogP contribution is -2.32. The standard InChI is InChI=1S/C26H25ClN4O2S/c1-19-14-16-22(17-15-19)34(32,33)31(21-11-6-3-7-12-21)18-8-13-23-24(20-9-4-2-5-10-20)29-26(28)30-25(23)27/h2-7,9-12,14-17H,8,13,18H2,1H3,(H2,28,29,30). The molecule has 0 fully saturated rings. The average molecular weight is 493 g/mol. The van der Waals surface area contributed by atoms with Crippen LogP contribution in [0.1, 0.15) is 17.5 Å². The van der Waals surface area contributed by atoms with Gasteiger partial charge in [0.1, 0.15) is 5.15 Å². The van der Waals surface area contributed by atoms with Gasteiger partial charge in [0, 0.05) is 17.7 Å². The fourth-order valence-electron chi connectivity index (χ4n) is 3.75. The van der Waals surface area contributed by atoms with E-state index in [0.29, 0.717) is 24.2 Å². The van der Waals surface area contributed by atoms with Crippen LogP contribution in [0.15, 0.2) is 89.8 Å². The summed E-state index contributed by atoms with van der Waals surface area (Å²) in [4.78, 5) is 8.79. The van der Waals surface area contributed by atoms with Crippen molar-refractivity contribution >= 4 is 33.3 Å². The van der Waals surface area contributed by atoms with E-state index < -0.39 is 10.0 Å². The van der Waals surface area contributed by atoms with Gasteiger partial charge in [0.05, 0.1) is 16.3 Å². The van der Waals surface area contributed by atoms with Gasteiger partial charge in [-0.3, -0.25) is 4.31 Å². The first-order chi connectivity index (χ1) is 16.4. The number of nitrogens with two attached hydrogens (primary N) is 1. The minimum absolute atomic E-state index is 0.0977. The number of aryl methyl sites for hydroxylation is 1. The molecule has 34 heavy (non-hydrogen) atoms. The number of benzene rings is 3. The van der Waals surface area contributed by atoms with Crippen molar-refractivity contribution in [1.29, 1.82) is 0 Å². The van der Waals surface area contributed by atoms with Crippen LogP contribution in [0.25, 0.3) is 11.3 Å². The van der Waals surface area contributed by atoms with Crippen molar-refractivity contribution in [1.82, 2.24) is 9.97 Å². The first-order valence-corrected chi connectivity index (χ1v) is 12.7. The highest BCUT2D eigenvalue weighted by Crippen LogP contribution is 2.29. The van der Waals surface area contributed by atoms with Crippen LogP contribution in [0, 0.1) is 6.92 Å². The lowest BCUT2D eigenvalue weighted by molar-refractivity contribution is 0.589. The second kappa shape index (κ2) is 10.2. The maximum Gasteiger partial charge on any atom is 0.264 e. The van der Waals surface area contributed by atoms with Gasteiger partial charge in [-0.25, -0.2) is 18.4 Å². The Morgan fingerprint density at radius 3 is 2.15 bits per heavy atom. The van der Waals surface area contributed by atoms with Crippen molar-refractivity contribution in [3.8, 4) is 11.3 Å². The lowest BCUT2D eigenvalue weighted by Gasteiger charge is -2.25. The summed E-state index contributed by atoms with van der Waals surface area (Å²) in [7, 11) is -3.76. The molecule has 0 radical (unpaired) electrons. The lowest BCUT2D eigenvalue weighted by atomic mass is 10.0. The van der Waals surface area contributed by atoms with Crippen LogP contribution in [-0.2, 0) is 16.4 Å². The predicted octanol–water partition coefficient (Wildman–Crippen LogP) is 5.52. The molecule has 0 aliphatic rings. The van der Waals surface area contributed by atoms with Gasteiger partial charge in [-0.1, -0.05) is 77.8 Å². The summed E-state index contributed by atoms with van der Waals surface area (Å²) in [5, 5.41) is 0.277. The summed E-state index contributed by atoms with van der Waals surface area (Å²) in [5.74, 6) is 0.0977. The van der Waals surface area contributed by atoms with Crippen molar-refractivity contribution in [2.45, 2.75) is 24.7 Å². The summed E-state index contributed by atoms with van der Waals surface area (Å²) in [6, 6.07) is 25.6. The number of aromatic nitrogens is 2. The maximum absolute atomic E-state index is 13.5. The van der Waals surface area contributed by atoms with E-state index in [0.717, 1.165) is 16.7 Å². The Hall–Kier alpha value is -3.42.